The van der Waals surface area contributed by atoms with Gasteiger partial charge in [0.05, 0.1) is 38.2 Å². The number of hydrogen-bond acceptors (Lipinski definition) is 9. The number of alkyl carbamates (subject to hydrolysis) is 2. The van der Waals surface area contributed by atoms with Crippen LogP contribution < -0.4 is 15.5 Å². The summed E-state index contributed by atoms with van der Waals surface area (Å²) < 4.78 is 41.5. The van der Waals surface area contributed by atoms with Gasteiger partial charge in [0.2, 0.25) is 0 Å². The maximum absolute atomic E-state index is 15.9. The van der Waals surface area contributed by atoms with Gasteiger partial charge >= 0.3 is 12.2 Å². The number of rotatable bonds is 11. The van der Waals surface area contributed by atoms with Crippen LogP contribution in [0.2, 0.25) is 0 Å². The number of nitrogens with zero attached hydrogens (tertiary/aromatic N) is 5. The number of likely N-dealkylation sites (tertiary alicyclic amines) is 2. The third-order valence-electron chi connectivity index (χ3n) is 12.4. The van der Waals surface area contributed by atoms with Crippen molar-refractivity contribution < 1.29 is 37.4 Å². The van der Waals surface area contributed by atoms with Gasteiger partial charge in [-0.2, -0.15) is 0 Å². The maximum Gasteiger partial charge on any atom is 0.407 e. The second-order valence-electron chi connectivity index (χ2n) is 16.1. The molecule has 63 heavy (non-hydrogen) atoms. The van der Waals surface area contributed by atoms with Crippen molar-refractivity contribution in [3.8, 4) is 11.3 Å². The minimum absolute atomic E-state index is 0.0587. The van der Waals surface area contributed by atoms with E-state index < -0.39 is 41.9 Å². The van der Waals surface area contributed by atoms with Crippen LogP contribution in [0.4, 0.5) is 24.1 Å². The molecule has 0 saturated carbocycles. The van der Waals surface area contributed by atoms with Crippen molar-refractivity contribution in [3.05, 3.63) is 125 Å². The van der Waals surface area contributed by atoms with E-state index in [2.05, 4.69) is 25.6 Å². The van der Waals surface area contributed by atoms with Gasteiger partial charge in [-0.1, -0.05) is 60.7 Å². The average Bonchev–Trinajstić information content (AvgIpc) is 4.12. The van der Waals surface area contributed by atoms with Gasteiger partial charge in [0.1, 0.15) is 41.1 Å². The molecule has 4 amide bonds. The van der Waals surface area contributed by atoms with Crippen molar-refractivity contribution in [2.24, 2.45) is 0 Å². The smallest absolute Gasteiger partial charge is 0.407 e. The molecule has 3 fully saturated rings. The van der Waals surface area contributed by atoms with Gasteiger partial charge < -0.3 is 44.8 Å². The van der Waals surface area contributed by atoms with Crippen LogP contribution in [-0.2, 0) is 19.1 Å². The number of aromatic amines is 2. The second-order valence-corrected chi connectivity index (χ2v) is 16.1. The first kappa shape index (κ1) is 42.9. The molecule has 5 heterocycles. The van der Waals surface area contributed by atoms with Crippen LogP contribution in [0.15, 0.2) is 85.2 Å². The Bertz CT molecular complexity index is 2380. The molecule has 3 saturated heterocycles. The van der Waals surface area contributed by atoms with Gasteiger partial charge in [-0.25, -0.2) is 28.3 Å². The fourth-order valence-electron chi connectivity index (χ4n) is 9.16. The summed E-state index contributed by atoms with van der Waals surface area (Å²) in [5, 5.41) is 5.36. The molecule has 3 aliphatic rings. The van der Waals surface area contributed by atoms with Crippen LogP contribution in [0, 0.1) is 11.6 Å². The van der Waals surface area contributed by atoms with Crippen LogP contribution in [0.3, 0.4) is 0 Å². The van der Waals surface area contributed by atoms with Crippen molar-refractivity contribution in [1.82, 2.24) is 40.4 Å². The highest BCUT2D eigenvalue weighted by molar-refractivity contribution is 5.88. The number of carbonyl (C=O) groups is 4. The van der Waals surface area contributed by atoms with Crippen molar-refractivity contribution in [2.45, 2.75) is 75.0 Å². The van der Waals surface area contributed by atoms with Gasteiger partial charge in [-0.15, -0.1) is 0 Å². The Balaban J connectivity index is 0.920. The highest BCUT2D eigenvalue weighted by atomic mass is 19.1. The zero-order chi connectivity index (χ0) is 44.0. The van der Waals surface area contributed by atoms with E-state index in [-0.39, 0.29) is 35.0 Å². The minimum atomic E-state index is -0.978. The molecule has 2 aromatic heterocycles. The van der Waals surface area contributed by atoms with Gasteiger partial charge in [0.25, 0.3) is 11.8 Å². The number of H-pyrrole nitrogens is 2. The van der Waals surface area contributed by atoms with Crippen LogP contribution in [-0.4, -0.2) is 94.1 Å². The summed E-state index contributed by atoms with van der Waals surface area (Å²) in [7, 11) is 2.50. The molecule has 4 atom stereocenters. The van der Waals surface area contributed by atoms with Crippen LogP contribution >= 0.6 is 0 Å². The van der Waals surface area contributed by atoms with E-state index >= 15 is 8.78 Å². The Labute approximate surface area is 363 Å². The average molecular weight is 864 g/mol. The van der Waals surface area contributed by atoms with Gasteiger partial charge in [0.15, 0.2) is 0 Å². The number of hydrogen-bond donors (Lipinski definition) is 4. The summed E-state index contributed by atoms with van der Waals surface area (Å²) in [5.74, 6) is -0.762. The summed E-state index contributed by atoms with van der Waals surface area (Å²) >= 11 is 0. The fraction of sp³-hybridized carbons (Fsp3) is 0.391. The molecule has 4 N–H and O–H groups in total. The molecule has 17 heteroatoms. The van der Waals surface area contributed by atoms with Crippen LogP contribution in [0.1, 0.15) is 104 Å². The molecule has 0 unspecified atom stereocenters. The molecule has 3 aliphatic heterocycles. The number of anilines is 1. The molecule has 0 bridgehead atoms. The van der Waals surface area contributed by atoms with Crippen LogP contribution in [0.25, 0.3) is 11.3 Å². The summed E-state index contributed by atoms with van der Waals surface area (Å²) in [6, 6.07) is 17.9. The quantitative estimate of drug-likeness (QED) is 0.106. The van der Waals surface area contributed by atoms with E-state index in [9.17, 15) is 19.2 Å². The zero-order valence-corrected chi connectivity index (χ0v) is 35.2. The largest absolute Gasteiger partial charge is 0.453 e. The molecular formula is C46H51F2N9O6. The molecular weight excluding hydrogens is 813 g/mol. The standard InChI is InChI=1S/C46H51F2N9O6/c1-62-45(60)53-38(29-12-5-3-6-13-29)43(58)56-20-10-9-16-36(56)41-49-26-34(51-41)28-18-22-55(23-19-28)40-32(47)24-31(25-33(40)48)35-27-50-42(52-35)37-17-11-21-57(37)44(59)39(54-46(61)63-2)30-14-7-4-8-15-30/h3-8,12-15,24-28,36-39H,9-11,16-23H2,1-2H3,(H,49,51)(H,50,52)(H,53,60)(H,54,61)/t36-,37-,38+,39+/m0/s1. The van der Waals surface area contributed by atoms with E-state index in [1.165, 1.54) is 32.5 Å². The molecule has 330 valence electrons. The SMILES string of the molecule is COC(=O)N[C@@H](C(=O)N1CCC[C@H]1c1ncc(-c2cc(F)c(N3CCC(c4cnc([C@@H]5CCCCN5C(=O)[C@H](NC(=O)OC)c5ccccc5)[nH]4)CC3)c(F)c2)[nH]1)c1ccccc1. The summed E-state index contributed by atoms with van der Waals surface area (Å²) in [5.41, 5.74) is 2.75. The van der Waals surface area contributed by atoms with Gasteiger partial charge in [0, 0.05) is 49.6 Å². The molecule has 0 aliphatic carbocycles. The number of halogens is 2. The van der Waals surface area contributed by atoms with E-state index in [1.807, 2.05) is 24.3 Å². The number of imidazole rings is 2. The van der Waals surface area contributed by atoms with E-state index in [0.717, 1.165) is 18.5 Å². The fourth-order valence-corrected chi connectivity index (χ4v) is 9.16. The second kappa shape index (κ2) is 19.1. The van der Waals surface area contributed by atoms with Crippen molar-refractivity contribution in [1.29, 1.82) is 0 Å². The first-order valence-corrected chi connectivity index (χ1v) is 21.4. The summed E-state index contributed by atoms with van der Waals surface area (Å²) in [4.78, 5) is 73.6. The highest BCUT2D eigenvalue weighted by Crippen LogP contribution is 2.38. The Morgan fingerprint density at radius 1 is 0.667 bits per heavy atom. The first-order valence-electron chi connectivity index (χ1n) is 21.4. The van der Waals surface area contributed by atoms with Crippen molar-refractivity contribution in [3.63, 3.8) is 0 Å². The third-order valence-corrected chi connectivity index (χ3v) is 12.4. The summed E-state index contributed by atoms with van der Waals surface area (Å²) in [6.45, 7) is 1.77. The Morgan fingerprint density at radius 3 is 1.73 bits per heavy atom. The zero-order valence-electron chi connectivity index (χ0n) is 35.2. The van der Waals surface area contributed by atoms with Gasteiger partial charge in [-0.3, -0.25) is 9.59 Å². The maximum atomic E-state index is 15.9. The lowest BCUT2D eigenvalue weighted by Gasteiger charge is -2.37. The summed E-state index contributed by atoms with van der Waals surface area (Å²) in [6.07, 6.45) is 6.86. The molecule has 5 aromatic rings. The van der Waals surface area contributed by atoms with Crippen molar-refractivity contribution >= 4 is 29.7 Å². The topological polar surface area (TPSA) is 178 Å². The molecule has 3 aromatic carbocycles. The number of methoxy groups -OCH3 is 2. The molecule has 0 radical (unpaired) electrons. The number of aromatic nitrogens is 4. The molecule has 8 rings (SSSR count). The van der Waals surface area contributed by atoms with E-state index in [1.54, 1.807) is 57.3 Å². The lowest BCUT2D eigenvalue weighted by atomic mass is 9.93. The predicted octanol–water partition coefficient (Wildman–Crippen LogP) is 7.37. The molecule has 0 spiro atoms. The lowest BCUT2D eigenvalue weighted by Crippen LogP contribution is -2.46. The van der Waals surface area contributed by atoms with Crippen LogP contribution in [0.5, 0.6) is 0 Å². The normalized spacial score (nSPS) is 19.0. The monoisotopic (exact) mass is 863 g/mol. The molecule has 15 nitrogen and oxygen atoms in total. The first-order chi connectivity index (χ1) is 30.6. The highest BCUT2D eigenvalue weighted by Gasteiger charge is 2.38. The minimum Gasteiger partial charge on any atom is -0.453 e. The number of ether oxygens (including phenoxy) is 2. The Morgan fingerprint density at radius 2 is 1.17 bits per heavy atom. The Hall–Kier alpha value is -6.78. The third kappa shape index (κ3) is 9.22. The number of amides is 4. The van der Waals surface area contributed by atoms with E-state index in [4.69, 9.17) is 14.5 Å². The van der Waals surface area contributed by atoms with Gasteiger partial charge in [-0.05, 0) is 68.2 Å². The number of nitrogens with one attached hydrogen (secondary N) is 4. The lowest BCUT2D eigenvalue weighted by molar-refractivity contribution is -0.137. The number of benzene rings is 3. The number of carbonyl (C=O) groups excluding carboxylic acids is 4. The number of piperidine rings is 2. The Kier molecular flexibility index (Phi) is 13.0. The predicted molar refractivity (Wildman–Crippen MR) is 228 cm³/mol. The van der Waals surface area contributed by atoms with Crippen molar-refractivity contribution in [2.75, 3.05) is 45.3 Å². The van der Waals surface area contributed by atoms with E-state index in [0.29, 0.717) is 86.8 Å².